The Balaban J connectivity index is 1.44. The van der Waals surface area contributed by atoms with E-state index < -0.39 is 0 Å². The summed E-state index contributed by atoms with van der Waals surface area (Å²) in [7, 11) is 0. The largest absolute Gasteiger partial charge is 0.331 e. The maximum Gasteiger partial charge on any atom is 0.258 e. The molecule has 36 heavy (non-hydrogen) atoms. The van der Waals surface area contributed by atoms with E-state index in [-0.39, 0.29) is 18.0 Å². The number of aromatic amines is 1. The van der Waals surface area contributed by atoms with Crippen LogP contribution in [0.15, 0.2) is 70.8 Å². The molecule has 0 unspecified atom stereocenters. The van der Waals surface area contributed by atoms with Gasteiger partial charge in [-0.25, -0.2) is 9.97 Å². The van der Waals surface area contributed by atoms with Crippen molar-refractivity contribution in [1.29, 1.82) is 0 Å². The van der Waals surface area contributed by atoms with Gasteiger partial charge in [-0.05, 0) is 66.6 Å². The van der Waals surface area contributed by atoms with Crippen LogP contribution in [0.25, 0.3) is 33.5 Å². The highest BCUT2D eigenvalue weighted by Gasteiger charge is 2.29. The maximum atomic E-state index is 14.1. The summed E-state index contributed by atoms with van der Waals surface area (Å²) in [5, 5.41) is 3.46. The number of carbonyl (C=O) groups is 1. The first-order chi connectivity index (χ1) is 17.6. The van der Waals surface area contributed by atoms with Crippen LogP contribution in [0, 0.1) is 0 Å². The first-order valence-corrected chi connectivity index (χ1v) is 12.9. The van der Waals surface area contributed by atoms with Crippen LogP contribution in [0.2, 0.25) is 0 Å². The molecule has 1 N–H and O–H groups in total. The number of benzene rings is 2. The highest BCUT2D eigenvalue weighted by Crippen LogP contribution is 2.38. The Bertz CT molecular complexity index is 1700. The average molecular weight is 493 g/mol. The summed E-state index contributed by atoms with van der Waals surface area (Å²) in [5.41, 5.74) is 5.02. The van der Waals surface area contributed by atoms with Crippen molar-refractivity contribution in [3.63, 3.8) is 0 Å². The summed E-state index contributed by atoms with van der Waals surface area (Å²) >= 11 is 1.69. The number of carbonyl (C=O) groups excluding carboxylic acids is 1. The number of aromatic nitrogens is 3. The molecule has 6 nitrogen and oxygen atoms in total. The van der Waals surface area contributed by atoms with Gasteiger partial charge < -0.3 is 9.88 Å². The van der Waals surface area contributed by atoms with Crippen molar-refractivity contribution in [2.24, 2.45) is 0 Å². The van der Waals surface area contributed by atoms with Crippen molar-refractivity contribution in [3.05, 3.63) is 104 Å². The van der Waals surface area contributed by atoms with Crippen LogP contribution in [-0.2, 0) is 13.0 Å². The van der Waals surface area contributed by atoms with Crippen LogP contribution >= 0.6 is 11.3 Å². The SMILES string of the molecule is CCN(Cc1nc2ccccc2c(=O)[nH]1)C(=O)c1c2c(nc3ccccc13)/C(=C\c1cccs1)CC2. The molecule has 7 heteroatoms. The van der Waals surface area contributed by atoms with Crippen molar-refractivity contribution >= 4 is 50.7 Å². The smallest absolute Gasteiger partial charge is 0.258 e. The average Bonchev–Trinajstić information content (AvgIpc) is 3.56. The fourth-order valence-corrected chi connectivity index (χ4v) is 5.63. The number of fused-ring (bicyclic) bond motifs is 3. The van der Waals surface area contributed by atoms with Crippen molar-refractivity contribution in [1.82, 2.24) is 19.9 Å². The van der Waals surface area contributed by atoms with Gasteiger partial charge >= 0.3 is 0 Å². The van der Waals surface area contributed by atoms with Crippen molar-refractivity contribution < 1.29 is 4.79 Å². The molecular weight excluding hydrogens is 468 g/mol. The number of hydrogen-bond acceptors (Lipinski definition) is 5. The van der Waals surface area contributed by atoms with Crippen LogP contribution in [0.4, 0.5) is 0 Å². The van der Waals surface area contributed by atoms with Crippen LogP contribution in [0.3, 0.4) is 0 Å². The second-order valence-corrected chi connectivity index (χ2v) is 9.84. The van der Waals surface area contributed by atoms with Crippen molar-refractivity contribution in [3.8, 4) is 0 Å². The number of allylic oxidation sites excluding steroid dienone is 1. The normalized spacial score (nSPS) is 14.0. The zero-order valence-corrected chi connectivity index (χ0v) is 20.6. The number of para-hydroxylation sites is 2. The van der Waals surface area contributed by atoms with E-state index in [0.717, 1.165) is 40.6 Å². The van der Waals surface area contributed by atoms with Crippen molar-refractivity contribution in [2.75, 3.05) is 6.54 Å². The molecule has 0 spiro atoms. The highest BCUT2D eigenvalue weighted by atomic mass is 32.1. The molecular formula is C29H24N4O2S. The van der Waals surface area contributed by atoms with Gasteiger partial charge in [0.1, 0.15) is 5.82 Å². The summed E-state index contributed by atoms with van der Waals surface area (Å²) in [6.07, 6.45) is 3.81. The van der Waals surface area contributed by atoms with Crippen LogP contribution in [-0.4, -0.2) is 32.3 Å². The van der Waals surface area contributed by atoms with E-state index in [0.29, 0.717) is 28.8 Å². The Labute approximate surface area is 212 Å². The van der Waals surface area contributed by atoms with Crippen LogP contribution in [0.1, 0.15) is 45.7 Å². The van der Waals surface area contributed by atoms with Gasteiger partial charge in [-0.2, -0.15) is 0 Å². The van der Waals surface area contributed by atoms with Gasteiger partial charge in [0.05, 0.1) is 34.2 Å². The minimum atomic E-state index is -0.197. The molecule has 1 amide bonds. The zero-order valence-electron chi connectivity index (χ0n) is 19.8. The molecule has 3 aromatic heterocycles. The molecule has 178 valence electrons. The number of rotatable bonds is 5. The Morgan fingerprint density at radius 2 is 1.75 bits per heavy atom. The van der Waals surface area contributed by atoms with Crippen molar-refractivity contribution in [2.45, 2.75) is 26.3 Å². The molecule has 0 radical (unpaired) electrons. The molecule has 1 aliphatic rings. The van der Waals surface area contributed by atoms with E-state index in [1.807, 2.05) is 55.5 Å². The van der Waals surface area contributed by atoms with E-state index in [1.54, 1.807) is 22.3 Å². The summed E-state index contributed by atoms with van der Waals surface area (Å²) < 4.78 is 0. The fourth-order valence-electron chi connectivity index (χ4n) is 4.94. The third kappa shape index (κ3) is 3.91. The lowest BCUT2D eigenvalue weighted by atomic mass is 9.99. The maximum absolute atomic E-state index is 14.1. The van der Waals surface area contributed by atoms with Gasteiger partial charge in [0.15, 0.2) is 0 Å². The molecule has 0 bridgehead atoms. The molecule has 2 aromatic carbocycles. The third-order valence-corrected chi connectivity index (χ3v) is 7.51. The Morgan fingerprint density at radius 1 is 1.00 bits per heavy atom. The van der Waals surface area contributed by atoms with Gasteiger partial charge in [0, 0.05) is 16.8 Å². The van der Waals surface area contributed by atoms with Gasteiger partial charge in [0.25, 0.3) is 11.5 Å². The predicted molar refractivity (Wildman–Crippen MR) is 145 cm³/mol. The molecule has 3 heterocycles. The number of H-pyrrole nitrogens is 1. The number of pyridine rings is 1. The van der Waals surface area contributed by atoms with E-state index >= 15 is 0 Å². The molecule has 0 saturated heterocycles. The Kier molecular flexibility index (Phi) is 5.70. The first-order valence-electron chi connectivity index (χ1n) is 12.1. The molecule has 0 saturated carbocycles. The van der Waals surface area contributed by atoms with Crippen LogP contribution in [0.5, 0.6) is 0 Å². The third-order valence-electron chi connectivity index (χ3n) is 6.69. The topological polar surface area (TPSA) is 79.0 Å². The van der Waals surface area contributed by atoms with Gasteiger partial charge in [-0.15, -0.1) is 11.3 Å². The second-order valence-electron chi connectivity index (χ2n) is 8.87. The number of amides is 1. The quantitative estimate of drug-likeness (QED) is 0.342. The van der Waals surface area contributed by atoms with E-state index in [4.69, 9.17) is 4.98 Å². The fraction of sp³-hybridized carbons (Fsp3) is 0.172. The molecule has 0 aliphatic heterocycles. The van der Waals surface area contributed by atoms with E-state index in [1.165, 1.54) is 4.88 Å². The zero-order chi connectivity index (χ0) is 24.6. The summed E-state index contributed by atoms with van der Waals surface area (Å²) in [6.45, 7) is 2.65. The molecule has 0 fully saturated rings. The number of hydrogen-bond donors (Lipinski definition) is 1. The van der Waals surface area contributed by atoms with E-state index in [9.17, 15) is 9.59 Å². The molecule has 5 aromatic rings. The monoisotopic (exact) mass is 492 g/mol. The summed E-state index contributed by atoms with van der Waals surface area (Å²) in [5.74, 6) is 0.405. The minimum Gasteiger partial charge on any atom is -0.331 e. The number of nitrogens with one attached hydrogen (secondary N) is 1. The summed E-state index contributed by atoms with van der Waals surface area (Å²) in [6, 6.07) is 19.2. The number of nitrogens with zero attached hydrogens (tertiary/aromatic N) is 3. The molecule has 1 aliphatic carbocycles. The number of thiophene rings is 1. The first kappa shape index (κ1) is 22.4. The second kappa shape index (κ2) is 9.17. The van der Waals surface area contributed by atoms with Crippen LogP contribution < -0.4 is 5.56 Å². The van der Waals surface area contributed by atoms with Gasteiger partial charge in [-0.1, -0.05) is 36.4 Å². The lowest BCUT2D eigenvalue weighted by Crippen LogP contribution is -2.33. The highest BCUT2D eigenvalue weighted by molar-refractivity contribution is 7.10. The standard InChI is InChI=1S/C29H24N4O2S/c1-2-33(17-25-30-24-12-6-4-10-21(24)28(34)32-25)29(35)26-20-9-3-5-11-23(20)31-27-18(13-14-22(26)27)16-19-8-7-15-36-19/h3-12,15-16H,2,13-14,17H2,1H3,(H,30,32,34)/b18-16-. The lowest BCUT2D eigenvalue weighted by Gasteiger charge is -2.23. The Morgan fingerprint density at radius 3 is 2.50 bits per heavy atom. The predicted octanol–water partition coefficient (Wildman–Crippen LogP) is 5.68. The molecule has 0 atom stereocenters. The molecule has 6 rings (SSSR count). The van der Waals surface area contributed by atoms with Gasteiger partial charge in [0.2, 0.25) is 0 Å². The van der Waals surface area contributed by atoms with E-state index in [2.05, 4.69) is 27.5 Å². The minimum absolute atomic E-state index is 0.0690. The van der Waals surface area contributed by atoms with Gasteiger partial charge in [-0.3, -0.25) is 9.59 Å². The summed E-state index contributed by atoms with van der Waals surface area (Å²) in [4.78, 5) is 42.1. The Hall–Kier alpha value is -4.10. The lowest BCUT2D eigenvalue weighted by molar-refractivity contribution is 0.0749.